The molecule has 6 heteroatoms. The first-order valence-electron chi connectivity index (χ1n) is 8.97. The van der Waals surface area contributed by atoms with E-state index >= 15 is 0 Å². The number of fused-ring (bicyclic) bond motifs is 1. The molecule has 0 aliphatic carbocycles. The third kappa shape index (κ3) is 3.84. The first-order valence-corrected chi connectivity index (χ1v) is 9.35. The van der Waals surface area contributed by atoms with Crippen molar-refractivity contribution in [3.05, 3.63) is 71.5 Å². The SMILES string of the molecule is CNCCCc1nc(-c2ccc(Cl)cc2)nc2cc(-c3ccccc3)nn12. The van der Waals surface area contributed by atoms with Gasteiger partial charge in [-0.3, -0.25) is 0 Å². The zero-order valence-corrected chi connectivity index (χ0v) is 15.8. The van der Waals surface area contributed by atoms with E-state index in [2.05, 4.69) is 17.4 Å². The van der Waals surface area contributed by atoms with Gasteiger partial charge in [0.2, 0.25) is 0 Å². The van der Waals surface area contributed by atoms with Crippen LogP contribution in [0.1, 0.15) is 12.2 Å². The average molecular weight is 378 g/mol. The predicted molar refractivity (Wildman–Crippen MR) is 109 cm³/mol. The quantitative estimate of drug-likeness (QED) is 0.510. The fourth-order valence-electron chi connectivity index (χ4n) is 3.01. The van der Waals surface area contributed by atoms with Crippen LogP contribution in [0, 0.1) is 0 Å². The van der Waals surface area contributed by atoms with Gasteiger partial charge in [-0.1, -0.05) is 41.9 Å². The van der Waals surface area contributed by atoms with Crippen LogP contribution < -0.4 is 5.32 Å². The lowest BCUT2D eigenvalue weighted by molar-refractivity contribution is 0.678. The molecule has 0 fully saturated rings. The first kappa shape index (κ1) is 17.6. The topological polar surface area (TPSA) is 55.1 Å². The summed E-state index contributed by atoms with van der Waals surface area (Å²) in [5.41, 5.74) is 3.71. The van der Waals surface area contributed by atoms with Crippen LogP contribution in [0.4, 0.5) is 0 Å². The number of rotatable bonds is 6. The van der Waals surface area contributed by atoms with Crippen LogP contribution in [0.3, 0.4) is 0 Å². The largest absolute Gasteiger partial charge is 0.320 e. The maximum atomic E-state index is 6.02. The first-order chi connectivity index (χ1) is 13.2. The summed E-state index contributed by atoms with van der Waals surface area (Å²) in [6.45, 7) is 0.925. The van der Waals surface area contributed by atoms with Gasteiger partial charge in [-0.2, -0.15) is 5.10 Å². The molecular weight excluding hydrogens is 358 g/mol. The number of aromatic nitrogens is 4. The number of hydrogen-bond donors (Lipinski definition) is 1. The lowest BCUT2D eigenvalue weighted by Gasteiger charge is -2.07. The third-order valence-corrected chi connectivity index (χ3v) is 4.64. The Morgan fingerprint density at radius 2 is 1.74 bits per heavy atom. The van der Waals surface area contributed by atoms with Crippen molar-refractivity contribution in [2.45, 2.75) is 12.8 Å². The molecule has 0 aliphatic rings. The molecule has 0 saturated carbocycles. The van der Waals surface area contributed by atoms with E-state index in [-0.39, 0.29) is 0 Å². The van der Waals surface area contributed by atoms with E-state index in [1.807, 2.05) is 60.1 Å². The molecule has 2 aromatic heterocycles. The second-order valence-electron chi connectivity index (χ2n) is 6.34. The van der Waals surface area contributed by atoms with Crippen molar-refractivity contribution in [1.82, 2.24) is 24.9 Å². The summed E-state index contributed by atoms with van der Waals surface area (Å²) in [6, 6.07) is 19.7. The van der Waals surface area contributed by atoms with E-state index in [4.69, 9.17) is 26.7 Å². The van der Waals surface area contributed by atoms with Gasteiger partial charge in [0.15, 0.2) is 11.5 Å². The van der Waals surface area contributed by atoms with Crippen LogP contribution in [0.25, 0.3) is 28.3 Å². The molecule has 0 radical (unpaired) electrons. The molecule has 2 heterocycles. The molecular formula is C21H20ClN5. The second-order valence-corrected chi connectivity index (χ2v) is 6.78. The van der Waals surface area contributed by atoms with Crippen LogP contribution in [0.2, 0.25) is 5.02 Å². The van der Waals surface area contributed by atoms with Crippen LogP contribution in [0.15, 0.2) is 60.7 Å². The van der Waals surface area contributed by atoms with Gasteiger partial charge in [-0.25, -0.2) is 14.5 Å². The molecule has 0 bridgehead atoms. The summed E-state index contributed by atoms with van der Waals surface area (Å²) in [4.78, 5) is 9.54. The number of nitrogens with one attached hydrogen (secondary N) is 1. The molecule has 4 aromatic rings. The van der Waals surface area contributed by atoms with Crippen LogP contribution >= 0.6 is 11.6 Å². The molecule has 1 N–H and O–H groups in total. The van der Waals surface area contributed by atoms with Gasteiger partial charge in [-0.05, 0) is 44.3 Å². The van der Waals surface area contributed by atoms with E-state index < -0.39 is 0 Å². The van der Waals surface area contributed by atoms with Crippen molar-refractivity contribution in [3.63, 3.8) is 0 Å². The average Bonchev–Trinajstić information content (AvgIpc) is 3.14. The molecule has 2 aromatic carbocycles. The highest BCUT2D eigenvalue weighted by Gasteiger charge is 2.13. The Hall–Kier alpha value is -2.76. The minimum absolute atomic E-state index is 0.693. The summed E-state index contributed by atoms with van der Waals surface area (Å²) in [5, 5.41) is 8.64. The zero-order chi connectivity index (χ0) is 18.6. The van der Waals surface area contributed by atoms with Gasteiger partial charge >= 0.3 is 0 Å². The predicted octanol–water partition coefficient (Wildman–Crippen LogP) is 4.26. The summed E-state index contributed by atoms with van der Waals surface area (Å²) >= 11 is 6.02. The Labute approximate surface area is 163 Å². The second kappa shape index (κ2) is 7.86. The van der Waals surface area contributed by atoms with Crippen molar-refractivity contribution in [2.24, 2.45) is 0 Å². The molecule has 27 heavy (non-hydrogen) atoms. The highest BCUT2D eigenvalue weighted by Crippen LogP contribution is 2.23. The molecule has 136 valence electrons. The molecule has 0 amide bonds. The summed E-state index contributed by atoms with van der Waals surface area (Å²) in [5.74, 6) is 1.60. The molecule has 0 spiro atoms. The number of halogens is 1. The summed E-state index contributed by atoms with van der Waals surface area (Å²) < 4.78 is 1.86. The van der Waals surface area contributed by atoms with Crippen LogP contribution in [0.5, 0.6) is 0 Å². The Kier molecular flexibility index (Phi) is 5.14. The number of benzene rings is 2. The van der Waals surface area contributed by atoms with Gasteiger partial charge in [0.05, 0.1) is 5.69 Å². The number of hydrogen-bond acceptors (Lipinski definition) is 4. The van der Waals surface area contributed by atoms with Crippen molar-refractivity contribution >= 4 is 17.2 Å². The number of aryl methyl sites for hydroxylation is 1. The Morgan fingerprint density at radius 1 is 0.963 bits per heavy atom. The van der Waals surface area contributed by atoms with E-state index in [9.17, 15) is 0 Å². The standard InChI is InChI=1S/C21H20ClN5/c1-23-13-5-8-19-24-21(16-9-11-17(22)12-10-16)25-20-14-18(26-27(19)20)15-6-3-2-4-7-15/h2-4,6-7,9-12,14,23H,5,8,13H2,1H3. The Morgan fingerprint density at radius 3 is 2.48 bits per heavy atom. The molecule has 4 rings (SSSR count). The van der Waals surface area contributed by atoms with Crippen molar-refractivity contribution in [3.8, 4) is 22.6 Å². The summed E-state index contributed by atoms with van der Waals surface area (Å²) in [7, 11) is 1.95. The summed E-state index contributed by atoms with van der Waals surface area (Å²) in [6.07, 6.45) is 1.79. The maximum Gasteiger partial charge on any atom is 0.163 e. The monoisotopic (exact) mass is 377 g/mol. The smallest absolute Gasteiger partial charge is 0.163 e. The molecule has 0 saturated heterocycles. The van der Waals surface area contributed by atoms with Crippen molar-refractivity contribution in [2.75, 3.05) is 13.6 Å². The van der Waals surface area contributed by atoms with Gasteiger partial charge in [0, 0.05) is 28.6 Å². The van der Waals surface area contributed by atoms with Crippen LogP contribution in [-0.4, -0.2) is 33.2 Å². The third-order valence-electron chi connectivity index (χ3n) is 4.39. The fourth-order valence-corrected chi connectivity index (χ4v) is 3.13. The lowest BCUT2D eigenvalue weighted by atomic mass is 10.2. The minimum atomic E-state index is 0.693. The maximum absolute atomic E-state index is 6.02. The Balaban J connectivity index is 1.82. The fraction of sp³-hybridized carbons (Fsp3) is 0.190. The van der Waals surface area contributed by atoms with Gasteiger partial charge in [-0.15, -0.1) is 0 Å². The van der Waals surface area contributed by atoms with E-state index in [0.29, 0.717) is 10.8 Å². The highest BCUT2D eigenvalue weighted by molar-refractivity contribution is 6.30. The molecule has 0 aliphatic heterocycles. The van der Waals surface area contributed by atoms with E-state index in [1.165, 1.54) is 0 Å². The van der Waals surface area contributed by atoms with E-state index in [1.54, 1.807) is 0 Å². The normalized spacial score (nSPS) is 11.2. The van der Waals surface area contributed by atoms with E-state index in [0.717, 1.165) is 47.7 Å². The highest BCUT2D eigenvalue weighted by atomic mass is 35.5. The van der Waals surface area contributed by atoms with Gasteiger partial charge < -0.3 is 5.32 Å². The molecule has 0 atom stereocenters. The van der Waals surface area contributed by atoms with Crippen molar-refractivity contribution < 1.29 is 0 Å². The lowest BCUT2D eigenvalue weighted by Crippen LogP contribution is -2.12. The van der Waals surface area contributed by atoms with Gasteiger partial charge in [0.1, 0.15) is 5.82 Å². The zero-order valence-electron chi connectivity index (χ0n) is 15.1. The minimum Gasteiger partial charge on any atom is -0.320 e. The van der Waals surface area contributed by atoms with Crippen molar-refractivity contribution in [1.29, 1.82) is 0 Å². The molecule has 0 unspecified atom stereocenters. The molecule has 5 nitrogen and oxygen atoms in total. The number of nitrogens with zero attached hydrogens (tertiary/aromatic N) is 4. The Bertz CT molecular complexity index is 1040. The van der Waals surface area contributed by atoms with Crippen LogP contribution in [-0.2, 0) is 6.42 Å². The van der Waals surface area contributed by atoms with Gasteiger partial charge in [0.25, 0.3) is 0 Å².